The van der Waals surface area contributed by atoms with Crippen molar-refractivity contribution in [3.05, 3.63) is 77.4 Å². The molecule has 1 aliphatic heterocycles. The summed E-state index contributed by atoms with van der Waals surface area (Å²) in [6.07, 6.45) is 2.29. The zero-order valence-corrected chi connectivity index (χ0v) is 22.4. The average Bonchev–Trinajstić information content (AvgIpc) is 3.53. The number of methoxy groups -OCH3 is 1. The number of phenols is 1. The molecule has 1 unspecified atom stereocenters. The lowest BCUT2D eigenvalue weighted by Gasteiger charge is -2.19. The molecule has 1 fully saturated rings. The Bertz CT molecular complexity index is 1360. The van der Waals surface area contributed by atoms with Crippen molar-refractivity contribution >= 4 is 21.4 Å². The van der Waals surface area contributed by atoms with E-state index in [-0.39, 0.29) is 5.75 Å². The summed E-state index contributed by atoms with van der Waals surface area (Å²) in [6, 6.07) is 20.0. The second-order valence-electron chi connectivity index (χ2n) is 9.83. The van der Waals surface area contributed by atoms with E-state index in [0.29, 0.717) is 5.75 Å². The topological polar surface area (TPSA) is 65.4 Å². The Balaban J connectivity index is 1.47. The normalized spacial score (nSPS) is 14.9. The second-order valence-corrected chi connectivity index (χ2v) is 10.9. The van der Waals surface area contributed by atoms with Crippen LogP contribution in [0.25, 0.3) is 20.5 Å². The molecule has 4 aromatic rings. The standard InChI is InChI=1S/C30H34N2O4S/c1-31(2)30(34)36-24-11-8-21(9-12-24)29-26(25-13-10-23(33)18-28(25)37-29)16-20-6-7-22(27(17-20)35-3)19-32-14-4-5-15-32/h6-13,17-18,30,33-34H,4-5,14-16,19H2,1-3H3. The summed E-state index contributed by atoms with van der Waals surface area (Å²) in [5, 5.41) is 21.3. The van der Waals surface area contributed by atoms with Crippen LogP contribution in [0.5, 0.6) is 17.2 Å². The lowest BCUT2D eigenvalue weighted by molar-refractivity contribution is -0.114. The summed E-state index contributed by atoms with van der Waals surface area (Å²) in [5.74, 6) is 1.80. The Labute approximate surface area is 222 Å². The molecule has 0 amide bonds. The summed E-state index contributed by atoms with van der Waals surface area (Å²) in [5.41, 5.74) is 4.70. The van der Waals surface area contributed by atoms with Crippen LogP contribution in [0.2, 0.25) is 0 Å². The number of phenolic OH excluding ortho intramolecular Hbond substituents is 1. The van der Waals surface area contributed by atoms with Crippen LogP contribution in [0.15, 0.2) is 60.7 Å². The molecule has 0 bridgehead atoms. The molecule has 7 heteroatoms. The molecule has 0 saturated carbocycles. The fraction of sp³-hybridized carbons (Fsp3) is 0.333. The Hall–Kier alpha value is -3.10. The molecule has 194 valence electrons. The molecule has 37 heavy (non-hydrogen) atoms. The Morgan fingerprint density at radius 2 is 1.76 bits per heavy atom. The molecular formula is C30H34N2O4S. The minimum Gasteiger partial charge on any atom is -0.508 e. The number of aliphatic hydroxyl groups excluding tert-OH is 1. The van der Waals surface area contributed by atoms with Crippen molar-refractivity contribution in [2.24, 2.45) is 0 Å². The van der Waals surface area contributed by atoms with Crippen LogP contribution in [-0.2, 0) is 13.0 Å². The number of aromatic hydroxyl groups is 1. The number of hydrogen-bond donors (Lipinski definition) is 2. The van der Waals surface area contributed by atoms with Crippen molar-refractivity contribution in [1.29, 1.82) is 0 Å². The lowest BCUT2D eigenvalue weighted by atomic mass is 9.97. The van der Waals surface area contributed by atoms with Crippen molar-refractivity contribution in [2.45, 2.75) is 32.2 Å². The molecule has 1 saturated heterocycles. The van der Waals surface area contributed by atoms with Gasteiger partial charge in [0.05, 0.1) is 7.11 Å². The van der Waals surface area contributed by atoms with Gasteiger partial charge < -0.3 is 19.7 Å². The number of hydrogen-bond acceptors (Lipinski definition) is 7. The molecule has 0 spiro atoms. The second kappa shape index (κ2) is 11.1. The third-order valence-electron chi connectivity index (χ3n) is 6.90. The van der Waals surface area contributed by atoms with Crippen molar-refractivity contribution in [3.8, 4) is 27.7 Å². The average molecular weight is 519 g/mol. The molecule has 2 heterocycles. The maximum atomic E-state index is 10.1. The number of benzene rings is 3. The molecule has 6 nitrogen and oxygen atoms in total. The highest BCUT2D eigenvalue weighted by molar-refractivity contribution is 7.22. The van der Waals surface area contributed by atoms with E-state index in [9.17, 15) is 10.2 Å². The minimum atomic E-state index is -1.00. The number of likely N-dealkylation sites (tertiary alicyclic amines) is 1. The Kier molecular flexibility index (Phi) is 7.67. The van der Waals surface area contributed by atoms with Crippen LogP contribution in [-0.4, -0.2) is 60.7 Å². The van der Waals surface area contributed by atoms with E-state index in [4.69, 9.17) is 9.47 Å². The first-order valence-electron chi connectivity index (χ1n) is 12.7. The molecule has 2 N–H and O–H groups in total. The molecule has 1 atom stereocenters. The number of rotatable bonds is 9. The van der Waals surface area contributed by atoms with Crippen molar-refractivity contribution in [1.82, 2.24) is 9.80 Å². The summed E-state index contributed by atoms with van der Waals surface area (Å²) in [7, 11) is 5.26. The molecule has 0 radical (unpaired) electrons. The molecular weight excluding hydrogens is 484 g/mol. The van der Waals surface area contributed by atoms with Crippen LogP contribution in [0, 0.1) is 0 Å². The van der Waals surface area contributed by atoms with Crippen molar-refractivity contribution in [2.75, 3.05) is 34.3 Å². The van der Waals surface area contributed by atoms with E-state index >= 15 is 0 Å². The third kappa shape index (κ3) is 5.75. The summed E-state index contributed by atoms with van der Waals surface area (Å²) in [4.78, 5) is 5.23. The summed E-state index contributed by atoms with van der Waals surface area (Å²) < 4.78 is 12.4. The van der Waals surface area contributed by atoms with E-state index < -0.39 is 6.41 Å². The summed E-state index contributed by atoms with van der Waals surface area (Å²) in [6.45, 7) is 3.23. The number of ether oxygens (including phenoxy) is 2. The van der Waals surface area contributed by atoms with E-state index in [1.54, 1.807) is 43.5 Å². The van der Waals surface area contributed by atoms with Gasteiger partial charge in [-0.15, -0.1) is 11.3 Å². The van der Waals surface area contributed by atoms with Crippen LogP contribution in [0.4, 0.5) is 0 Å². The third-order valence-corrected chi connectivity index (χ3v) is 8.15. The largest absolute Gasteiger partial charge is 0.508 e. The predicted octanol–water partition coefficient (Wildman–Crippen LogP) is 5.69. The molecule has 3 aromatic carbocycles. The van der Waals surface area contributed by atoms with Gasteiger partial charge in [0.15, 0.2) is 0 Å². The van der Waals surface area contributed by atoms with Crippen molar-refractivity contribution in [3.63, 3.8) is 0 Å². The van der Waals surface area contributed by atoms with Crippen LogP contribution in [0.1, 0.15) is 29.5 Å². The summed E-state index contributed by atoms with van der Waals surface area (Å²) >= 11 is 1.67. The monoisotopic (exact) mass is 518 g/mol. The highest BCUT2D eigenvalue weighted by Crippen LogP contribution is 2.42. The van der Waals surface area contributed by atoms with E-state index in [2.05, 4.69) is 23.1 Å². The number of thiophene rings is 1. The molecule has 0 aliphatic carbocycles. The molecule has 5 rings (SSSR count). The van der Waals surface area contributed by atoms with Gasteiger partial charge in [-0.1, -0.05) is 12.1 Å². The van der Waals surface area contributed by atoms with E-state index in [0.717, 1.165) is 52.3 Å². The highest BCUT2D eigenvalue weighted by atomic mass is 32.1. The first-order valence-corrected chi connectivity index (χ1v) is 13.5. The van der Waals surface area contributed by atoms with E-state index in [1.165, 1.54) is 29.5 Å². The minimum absolute atomic E-state index is 0.265. The van der Waals surface area contributed by atoms with Gasteiger partial charge in [-0.05, 0) is 117 Å². The van der Waals surface area contributed by atoms with Crippen LogP contribution >= 0.6 is 11.3 Å². The van der Waals surface area contributed by atoms with Gasteiger partial charge in [0.2, 0.25) is 0 Å². The molecule has 1 aromatic heterocycles. The van der Waals surface area contributed by atoms with Crippen LogP contribution in [0.3, 0.4) is 0 Å². The fourth-order valence-corrected chi connectivity index (χ4v) is 6.13. The first-order chi connectivity index (χ1) is 17.9. The van der Waals surface area contributed by atoms with Crippen molar-refractivity contribution < 1.29 is 19.7 Å². The van der Waals surface area contributed by atoms with Gasteiger partial charge in [0.25, 0.3) is 6.41 Å². The van der Waals surface area contributed by atoms with Gasteiger partial charge in [-0.2, -0.15) is 0 Å². The maximum absolute atomic E-state index is 10.1. The predicted molar refractivity (Wildman–Crippen MR) is 150 cm³/mol. The van der Waals surface area contributed by atoms with Crippen LogP contribution < -0.4 is 9.47 Å². The quantitative estimate of drug-likeness (QED) is 0.278. The zero-order chi connectivity index (χ0) is 25.9. The van der Waals surface area contributed by atoms with Gasteiger partial charge >= 0.3 is 0 Å². The van der Waals surface area contributed by atoms with E-state index in [1.807, 2.05) is 36.4 Å². The van der Waals surface area contributed by atoms with Gasteiger partial charge in [-0.3, -0.25) is 9.80 Å². The highest BCUT2D eigenvalue weighted by Gasteiger charge is 2.18. The zero-order valence-electron chi connectivity index (χ0n) is 21.6. The molecule has 1 aliphatic rings. The van der Waals surface area contributed by atoms with Gasteiger partial charge in [0, 0.05) is 21.7 Å². The fourth-order valence-electron chi connectivity index (χ4n) is 4.87. The first kappa shape index (κ1) is 25.5. The number of aliphatic hydroxyl groups is 1. The number of nitrogens with zero attached hydrogens (tertiary/aromatic N) is 2. The Morgan fingerprint density at radius 1 is 1.00 bits per heavy atom. The lowest BCUT2D eigenvalue weighted by Crippen LogP contribution is -2.32. The maximum Gasteiger partial charge on any atom is 0.259 e. The number of fused-ring (bicyclic) bond motifs is 1. The Morgan fingerprint density at radius 3 is 2.46 bits per heavy atom. The van der Waals surface area contributed by atoms with Gasteiger partial charge in [0.1, 0.15) is 17.2 Å². The smallest absolute Gasteiger partial charge is 0.259 e. The van der Waals surface area contributed by atoms with Gasteiger partial charge in [-0.25, -0.2) is 0 Å². The SMILES string of the molecule is COc1cc(Cc2c(-c3ccc(OC(O)N(C)C)cc3)sc3cc(O)ccc23)ccc1CN1CCCC1.